The van der Waals surface area contributed by atoms with Gasteiger partial charge in [0, 0.05) is 40.7 Å². The van der Waals surface area contributed by atoms with Crippen LogP contribution in [0.2, 0.25) is 15.1 Å². The van der Waals surface area contributed by atoms with E-state index in [-0.39, 0.29) is 18.4 Å². The van der Waals surface area contributed by atoms with Crippen molar-refractivity contribution >= 4 is 40.8 Å². The molecule has 2 aliphatic heterocycles. The largest absolute Gasteiger partial charge is 0.492 e. The molecule has 2 aromatic carbocycles. The van der Waals surface area contributed by atoms with Crippen molar-refractivity contribution < 1.29 is 19.4 Å². The fourth-order valence-corrected chi connectivity index (χ4v) is 5.24. The van der Waals surface area contributed by atoms with Gasteiger partial charge in [-0.05, 0) is 37.6 Å². The third-order valence-corrected chi connectivity index (χ3v) is 6.71. The molecule has 4 rings (SSSR count). The van der Waals surface area contributed by atoms with Gasteiger partial charge in [-0.2, -0.15) is 0 Å². The molecule has 1 saturated heterocycles. The van der Waals surface area contributed by atoms with E-state index in [1.807, 2.05) is 12.1 Å². The maximum atomic E-state index is 10.9. The Morgan fingerprint density at radius 3 is 2.70 bits per heavy atom. The number of carboxylic acids is 1. The fraction of sp³-hybridized carbons (Fsp3) is 0.409. The number of benzene rings is 2. The molecule has 160 valence electrons. The highest BCUT2D eigenvalue weighted by atomic mass is 35.5. The van der Waals surface area contributed by atoms with Crippen molar-refractivity contribution in [2.24, 2.45) is 0 Å². The number of hydrogen-bond donors (Lipinski definition) is 1. The number of carboxylic acid groups (broad SMARTS) is 1. The first-order valence-electron chi connectivity index (χ1n) is 9.84. The quantitative estimate of drug-likeness (QED) is 0.610. The van der Waals surface area contributed by atoms with Gasteiger partial charge in [0.25, 0.3) is 0 Å². The molecule has 0 radical (unpaired) electrons. The van der Waals surface area contributed by atoms with Crippen molar-refractivity contribution in [3.05, 3.63) is 56.5 Å². The summed E-state index contributed by atoms with van der Waals surface area (Å²) in [5.41, 5.74) is 1.76. The summed E-state index contributed by atoms with van der Waals surface area (Å²) in [7, 11) is 0. The smallest absolute Gasteiger partial charge is 0.304 e. The SMILES string of the molecule is O=C(O)CCN1CCCC2(COc3cc(OCc4c(Cl)cc(Cl)cc4Cl)ccc32)C1. The second-order valence-corrected chi connectivity index (χ2v) is 9.14. The number of carbonyl (C=O) groups is 1. The average molecular weight is 471 g/mol. The van der Waals surface area contributed by atoms with Crippen LogP contribution in [0.3, 0.4) is 0 Å². The third kappa shape index (κ3) is 4.50. The van der Waals surface area contributed by atoms with Crippen molar-refractivity contribution in [1.29, 1.82) is 0 Å². The molecule has 0 aliphatic carbocycles. The number of rotatable bonds is 6. The normalized spacial score (nSPS) is 20.8. The van der Waals surface area contributed by atoms with Crippen LogP contribution in [0.25, 0.3) is 0 Å². The highest BCUT2D eigenvalue weighted by molar-refractivity contribution is 6.39. The van der Waals surface area contributed by atoms with Crippen LogP contribution in [0.4, 0.5) is 0 Å². The van der Waals surface area contributed by atoms with Gasteiger partial charge in [-0.25, -0.2) is 0 Å². The van der Waals surface area contributed by atoms with E-state index in [9.17, 15) is 4.79 Å². The summed E-state index contributed by atoms with van der Waals surface area (Å²) >= 11 is 18.4. The monoisotopic (exact) mass is 469 g/mol. The van der Waals surface area contributed by atoms with Gasteiger partial charge < -0.3 is 19.5 Å². The lowest BCUT2D eigenvalue weighted by atomic mass is 9.75. The Morgan fingerprint density at radius 1 is 1.20 bits per heavy atom. The first kappa shape index (κ1) is 21.6. The highest BCUT2D eigenvalue weighted by Crippen LogP contribution is 2.45. The topological polar surface area (TPSA) is 59.0 Å². The number of fused-ring (bicyclic) bond motifs is 2. The first-order valence-corrected chi connectivity index (χ1v) is 11.0. The molecule has 2 heterocycles. The van der Waals surface area contributed by atoms with E-state index in [0.717, 1.165) is 37.2 Å². The predicted molar refractivity (Wildman–Crippen MR) is 117 cm³/mol. The highest BCUT2D eigenvalue weighted by Gasteiger charge is 2.43. The lowest BCUT2D eigenvalue weighted by Crippen LogP contribution is -2.47. The van der Waals surface area contributed by atoms with Crippen LogP contribution in [-0.4, -0.2) is 42.2 Å². The Morgan fingerprint density at radius 2 is 1.97 bits per heavy atom. The fourth-order valence-electron chi connectivity index (χ4n) is 4.32. The van der Waals surface area contributed by atoms with Crippen molar-refractivity contribution in [2.75, 3.05) is 26.2 Å². The average Bonchev–Trinajstić information content (AvgIpc) is 3.03. The Balaban J connectivity index is 1.47. The number of hydrogen-bond acceptors (Lipinski definition) is 4. The maximum absolute atomic E-state index is 10.9. The lowest BCUT2D eigenvalue weighted by Gasteiger charge is -2.39. The molecule has 0 bridgehead atoms. The summed E-state index contributed by atoms with van der Waals surface area (Å²) in [5, 5.41) is 10.4. The van der Waals surface area contributed by atoms with Crippen LogP contribution < -0.4 is 9.47 Å². The van der Waals surface area contributed by atoms with Crippen molar-refractivity contribution in [3.63, 3.8) is 0 Å². The van der Waals surface area contributed by atoms with Gasteiger partial charge in [0.1, 0.15) is 18.1 Å². The van der Waals surface area contributed by atoms with Crippen LogP contribution >= 0.6 is 34.8 Å². The molecule has 2 aliphatic rings. The Hall–Kier alpha value is -1.66. The summed E-state index contributed by atoms with van der Waals surface area (Å²) in [5.74, 6) is 0.729. The van der Waals surface area contributed by atoms with Crippen molar-refractivity contribution in [3.8, 4) is 11.5 Å². The second kappa shape index (κ2) is 8.83. The zero-order valence-electron chi connectivity index (χ0n) is 16.3. The number of ether oxygens (including phenoxy) is 2. The molecule has 1 spiro atoms. The van der Waals surface area contributed by atoms with Gasteiger partial charge in [0.2, 0.25) is 0 Å². The number of likely N-dealkylation sites (tertiary alicyclic amines) is 1. The molecule has 1 N–H and O–H groups in total. The van der Waals surface area contributed by atoms with Gasteiger partial charge in [-0.1, -0.05) is 40.9 Å². The van der Waals surface area contributed by atoms with E-state index < -0.39 is 5.97 Å². The van der Waals surface area contributed by atoms with Gasteiger partial charge in [-0.3, -0.25) is 4.79 Å². The maximum Gasteiger partial charge on any atom is 0.304 e. The van der Waals surface area contributed by atoms with Crippen molar-refractivity contribution in [1.82, 2.24) is 4.90 Å². The first-order chi connectivity index (χ1) is 14.4. The molecular weight excluding hydrogens is 449 g/mol. The van der Waals surface area contributed by atoms with E-state index in [4.69, 9.17) is 49.4 Å². The minimum absolute atomic E-state index is 0.0899. The molecular formula is C22H22Cl3NO4. The molecule has 1 unspecified atom stereocenters. The second-order valence-electron chi connectivity index (χ2n) is 7.89. The summed E-state index contributed by atoms with van der Waals surface area (Å²) in [6.45, 7) is 3.12. The third-order valence-electron chi connectivity index (χ3n) is 5.82. The van der Waals surface area contributed by atoms with Crippen molar-refractivity contribution in [2.45, 2.75) is 31.3 Å². The van der Waals surface area contributed by atoms with Gasteiger partial charge in [-0.15, -0.1) is 0 Å². The van der Waals surface area contributed by atoms with E-state index in [0.29, 0.717) is 39.5 Å². The standard InChI is InChI=1S/C22H22Cl3NO4/c23-14-8-18(24)16(19(25)9-14)11-29-15-2-3-17-20(10-15)30-13-22(17)5-1-6-26(12-22)7-4-21(27)28/h2-3,8-10H,1,4-7,11-13H2,(H,27,28). The minimum atomic E-state index is -0.764. The molecule has 8 heteroatoms. The number of piperidine rings is 1. The number of aliphatic carboxylic acids is 1. The molecule has 1 atom stereocenters. The lowest BCUT2D eigenvalue weighted by molar-refractivity contribution is -0.137. The molecule has 30 heavy (non-hydrogen) atoms. The van der Waals surface area contributed by atoms with E-state index >= 15 is 0 Å². The zero-order chi connectivity index (χ0) is 21.3. The molecule has 0 aromatic heterocycles. The number of nitrogens with zero attached hydrogens (tertiary/aromatic N) is 1. The van der Waals surface area contributed by atoms with E-state index in [1.54, 1.807) is 12.1 Å². The Kier molecular flexibility index (Phi) is 6.35. The predicted octanol–water partition coefficient (Wildman–Crippen LogP) is 5.43. The Bertz CT molecular complexity index is 944. The summed E-state index contributed by atoms with van der Waals surface area (Å²) in [6.07, 6.45) is 2.21. The molecule has 2 aromatic rings. The van der Waals surface area contributed by atoms with Crippen LogP contribution in [0.15, 0.2) is 30.3 Å². The van der Waals surface area contributed by atoms with Crippen LogP contribution in [-0.2, 0) is 16.8 Å². The van der Waals surface area contributed by atoms with E-state index in [2.05, 4.69) is 11.0 Å². The molecule has 0 amide bonds. The molecule has 1 fully saturated rings. The van der Waals surface area contributed by atoms with Gasteiger partial charge in [0.05, 0.1) is 23.1 Å². The van der Waals surface area contributed by atoms with E-state index in [1.165, 1.54) is 0 Å². The summed E-state index contributed by atoms with van der Waals surface area (Å²) in [4.78, 5) is 13.2. The molecule has 0 saturated carbocycles. The van der Waals surface area contributed by atoms with Crippen LogP contribution in [0, 0.1) is 0 Å². The van der Waals surface area contributed by atoms with Crippen LogP contribution in [0.1, 0.15) is 30.4 Å². The minimum Gasteiger partial charge on any atom is -0.492 e. The Labute approximate surface area is 190 Å². The summed E-state index contributed by atoms with van der Waals surface area (Å²) < 4.78 is 11.9. The molecule has 5 nitrogen and oxygen atoms in total. The van der Waals surface area contributed by atoms with Crippen LogP contribution in [0.5, 0.6) is 11.5 Å². The number of halogens is 3. The zero-order valence-corrected chi connectivity index (χ0v) is 18.6. The summed E-state index contributed by atoms with van der Waals surface area (Å²) in [6, 6.07) is 9.18. The van der Waals surface area contributed by atoms with Gasteiger partial charge >= 0.3 is 5.97 Å². The van der Waals surface area contributed by atoms with Gasteiger partial charge in [0.15, 0.2) is 0 Å².